The molecule has 1 fully saturated rings. The molecule has 4 nitrogen and oxygen atoms in total. The quantitative estimate of drug-likeness (QED) is 0.522. The van der Waals surface area contributed by atoms with Crippen LogP contribution in [0.3, 0.4) is 0 Å². The summed E-state index contributed by atoms with van der Waals surface area (Å²) in [6.07, 6.45) is 0. The van der Waals surface area contributed by atoms with Crippen LogP contribution in [0.5, 0.6) is 5.75 Å². The highest BCUT2D eigenvalue weighted by Crippen LogP contribution is 2.38. The zero-order chi connectivity index (χ0) is 11.0. The maximum Gasteiger partial charge on any atom is 0.145 e. The van der Waals surface area contributed by atoms with E-state index in [4.69, 9.17) is 10.5 Å². The molecule has 0 radical (unpaired) electrons. The molecule has 3 N–H and O–H groups in total. The highest BCUT2D eigenvalue weighted by atomic mass is 32.2. The molecule has 2 heterocycles. The van der Waals surface area contributed by atoms with E-state index in [0.29, 0.717) is 5.25 Å². The summed E-state index contributed by atoms with van der Waals surface area (Å²) in [7, 11) is 0. The number of ether oxygens (including phenoxy) is 1. The Labute approximate surface area is 99.3 Å². The molecule has 0 unspecified atom stereocenters. The summed E-state index contributed by atoms with van der Waals surface area (Å²) < 4.78 is 8.13. The first-order valence-electron chi connectivity index (χ1n) is 5.50. The van der Waals surface area contributed by atoms with Crippen molar-refractivity contribution in [2.45, 2.75) is 5.25 Å². The molecule has 3 rings (SSSR count). The molecule has 5 heteroatoms. The van der Waals surface area contributed by atoms with E-state index < -0.39 is 0 Å². The topological polar surface area (TPSA) is 50.5 Å². The molecular formula is C11H15N3OS. The van der Waals surface area contributed by atoms with Crippen molar-refractivity contribution in [3.63, 3.8) is 0 Å². The highest BCUT2D eigenvalue weighted by Gasteiger charge is 2.25. The van der Waals surface area contributed by atoms with Crippen LogP contribution >= 0.6 is 11.9 Å². The van der Waals surface area contributed by atoms with Crippen molar-refractivity contribution in [3.05, 3.63) is 18.2 Å². The summed E-state index contributed by atoms with van der Waals surface area (Å²) in [5.74, 6) is 0.914. The fraction of sp³-hybridized carbons (Fsp3) is 0.455. The molecule has 0 aromatic heterocycles. The van der Waals surface area contributed by atoms with Gasteiger partial charge in [-0.2, -0.15) is 0 Å². The fourth-order valence-electron chi connectivity index (χ4n) is 2.02. The summed E-state index contributed by atoms with van der Waals surface area (Å²) >= 11 is 1.87. The molecule has 0 aliphatic carbocycles. The van der Waals surface area contributed by atoms with Gasteiger partial charge in [-0.15, -0.1) is 0 Å². The van der Waals surface area contributed by atoms with Gasteiger partial charge in [0, 0.05) is 31.4 Å². The number of hydrogen-bond acceptors (Lipinski definition) is 5. The van der Waals surface area contributed by atoms with E-state index >= 15 is 0 Å². The Morgan fingerprint density at radius 2 is 2.44 bits per heavy atom. The molecule has 0 spiro atoms. The second kappa shape index (κ2) is 4.07. The van der Waals surface area contributed by atoms with Crippen LogP contribution in [0.4, 0.5) is 11.4 Å². The summed E-state index contributed by atoms with van der Waals surface area (Å²) in [4.78, 5) is 0. The molecule has 1 saturated heterocycles. The fourth-order valence-corrected chi connectivity index (χ4v) is 3.16. The molecular weight excluding hydrogens is 222 g/mol. The average Bonchev–Trinajstić information content (AvgIpc) is 2.60. The van der Waals surface area contributed by atoms with Crippen LogP contribution in [0.25, 0.3) is 0 Å². The number of nitrogens with one attached hydrogen (secondary N) is 1. The van der Waals surface area contributed by atoms with E-state index in [1.54, 1.807) is 0 Å². The first kappa shape index (κ1) is 10.1. The van der Waals surface area contributed by atoms with Crippen molar-refractivity contribution in [2.75, 3.05) is 36.3 Å². The minimum atomic E-state index is 0.483. The Morgan fingerprint density at radius 1 is 1.50 bits per heavy atom. The third-order valence-electron chi connectivity index (χ3n) is 2.82. The zero-order valence-corrected chi connectivity index (χ0v) is 9.80. The van der Waals surface area contributed by atoms with Gasteiger partial charge in [0.15, 0.2) is 0 Å². The second-order valence-electron chi connectivity index (χ2n) is 4.07. The number of nitrogen functional groups attached to an aromatic ring is 1. The van der Waals surface area contributed by atoms with E-state index in [2.05, 4.69) is 9.62 Å². The van der Waals surface area contributed by atoms with Crippen molar-refractivity contribution in [3.8, 4) is 5.75 Å². The van der Waals surface area contributed by atoms with Crippen molar-refractivity contribution >= 4 is 23.3 Å². The Bertz CT molecular complexity index is 399. The third-order valence-corrected chi connectivity index (χ3v) is 4.05. The van der Waals surface area contributed by atoms with Gasteiger partial charge in [0.05, 0.1) is 10.9 Å². The number of rotatable bonds is 0. The third kappa shape index (κ3) is 1.81. The van der Waals surface area contributed by atoms with Gasteiger partial charge in [0.1, 0.15) is 12.4 Å². The smallest absolute Gasteiger partial charge is 0.145 e. The van der Waals surface area contributed by atoms with Crippen LogP contribution in [0.15, 0.2) is 18.2 Å². The van der Waals surface area contributed by atoms with Gasteiger partial charge in [-0.05, 0) is 24.1 Å². The minimum absolute atomic E-state index is 0.483. The van der Waals surface area contributed by atoms with Gasteiger partial charge in [0.25, 0.3) is 0 Å². The van der Waals surface area contributed by atoms with Gasteiger partial charge in [-0.3, -0.25) is 0 Å². The minimum Gasteiger partial charge on any atom is -0.490 e. The average molecular weight is 237 g/mol. The predicted octanol–water partition coefficient (Wildman–Crippen LogP) is 1.09. The molecule has 1 aromatic carbocycles. The number of fused-ring (bicyclic) bond motifs is 4. The van der Waals surface area contributed by atoms with Crippen molar-refractivity contribution < 1.29 is 4.74 Å². The molecule has 0 saturated carbocycles. The lowest BCUT2D eigenvalue weighted by Gasteiger charge is -2.21. The van der Waals surface area contributed by atoms with Crippen molar-refractivity contribution in [1.29, 1.82) is 0 Å². The van der Waals surface area contributed by atoms with Crippen LogP contribution < -0.4 is 20.1 Å². The maximum atomic E-state index is 5.82. The molecule has 2 aliphatic rings. The van der Waals surface area contributed by atoms with Crippen LogP contribution in [0.1, 0.15) is 0 Å². The SMILES string of the molecule is Nc1ccc2c(c1)OC[C@@H]1CNCCN2S1. The Kier molecular flexibility index (Phi) is 2.57. The summed E-state index contributed by atoms with van der Waals surface area (Å²) in [5, 5.41) is 3.90. The van der Waals surface area contributed by atoms with E-state index in [0.717, 1.165) is 43.4 Å². The number of benzene rings is 1. The van der Waals surface area contributed by atoms with Gasteiger partial charge in [0.2, 0.25) is 0 Å². The number of nitrogens with zero attached hydrogens (tertiary/aromatic N) is 1. The molecule has 0 amide bonds. The normalized spacial score (nSPS) is 24.0. The summed E-state index contributed by atoms with van der Waals surface area (Å²) in [6.45, 7) is 3.77. The summed E-state index contributed by atoms with van der Waals surface area (Å²) in [6, 6.07) is 5.90. The van der Waals surface area contributed by atoms with Crippen LogP contribution in [0.2, 0.25) is 0 Å². The first-order chi connectivity index (χ1) is 7.83. The van der Waals surface area contributed by atoms with Crippen LogP contribution in [0, 0.1) is 0 Å². The molecule has 16 heavy (non-hydrogen) atoms. The monoisotopic (exact) mass is 237 g/mol. The standard InChI is InChI=1S/C11H15N3OS/c12-8-1-2-10-11(5-8)15-7-9-6-13-3-4-14(10)16-9/h1-2,5,9,13H,3-4,6-7,12H2/t9-/m0/s1. The van der Waals surface area contributed by atoms with Gasteiger partial charge in [-0.1, -0.05) is 0 Å². The van der Waals surface area contributed by atoms with E-state index in [1.165, 1.54) is 0 Å². The molecule has 2 bridgehead atoms. The molecule has 2 aliphatic heterocycles. The van der Waals surface area contributed by atoms with E-state index in [1.807, 2.05) is 30.1 Å². The highest BCUT2D eigenvalue weighted by molar-refractivity contribution is 8.01. The Hall–Kier alpha value is -1.07. The maximum absolute atomic E-state index is 5.82. The van der Waals surface area contributed by atoms with Crippen LogP contribution in [-0.4, -0.2) is 31.5 Å². The number of anilines is 2. The first-order valence-corrected chi connectivity index (χ1v) is 6.34. The Morgan fingerprint density at radius 3 is 3.38 bits per heavy atom. The lowest BCUT2D eigenvalue weighted by Crippen LogP contribution is -2.28. The number of hydrogen-bond donors (Lipinski definition) is 2. The van der Waals surface area contributed by atoms with Gasteiger partial charge >= 0.3 is 0 Å². The lowest BCUT2D eigenvalue weighted by atomic mass is 10.2. The van der Waals surface area contributed by atoms with Crippen molar-refractivity contribution in [2.24, 2.45) is 0 Å². The zero-order valence-electron chi connectivity index (χ0n) is 8.98. The predicted molar refractivity (Wildman–Crippen MR) is 67.9 cm³/mol. The largest absolute Gasteiger partial charge is 0.490 e. The van der Waals surface area contributed by atoms with Gasteiger partial charge < -0.3 is 20.1 Å². The molecule has 86 valence electrons. The van der Waals surface area contributed by atoms with Gasteiger partial charge in [-0.25, -0.2) is 0 Å². The summed E-state index contributed by atoms with van der Waals surface area (Å²) in [5.41, 5.74) is 7.69. The van der Waals surface area contributed by atoms with Crippen molar-refractivity contribution in [1.82, 2.24) is 5.32 Å². The van der Waals surface area contributed by atoms with E-state index in [-0.39, 0.29) is 0 Å². The number of nitrogens with two attached hydrogens (primary N) is 1. The molecule has 1 atom stereocenters. The van der Waals surface area contributed by atoms with Crippen LogP contribution in [-0.2, 0) is 0 Å². The van der Waals surface area contributed by atoms with E-state index in [9.17, 15) is 0 Å². The Balaban J connectivity index is 1.99. The second-order valence-corrected chi connectivity index (χ2v) is 5.39. The molecule has 1 aromatic rings. The lowest BCUT2D eigenvalue weighted by molar-refractivity contribution is 0.317.